The Labute approximate surface area is 136 Å². The van der Waals surface area contributed by atoms with Gasteiger partial charge in [0.25, 0.3) is 0 Å². The fraction of sp³-hybridized carbons (Fsp3) is 0.294. The number of likely N-dealkylation sites (N-methyl/N-ethyl adjacent to an activating group) is 1. The van der Waals surface area contributed by atoms with Gasteiger partial charge in [0, 0.05) is 19.1 Å². The van der Waals surface area contributed by atoms with E-state index in [1.54, 1.807) is 0 Å². The first-order valence-electron chi connectivity index (χ1n) is 6.94. The Kier molecular flexibility index (Phi) is 6.07. The lowest BCUT2D eigenvalue weighted by Gasteiger charge is -2.23. The van der Waals surface area contributed by atoms with Gasteiger partial charge in [-0.3, -0.25) is 0 Å². The average molecular weight is 323 g/mol. The van der Waals surface area contributed by atoms with Crippen LogP contribution in [0.3, 0.4) is 0 Å². The van der Waals surface area contributed by atoms with E-state index in [9.17, 15) is 0 Å². The summed E-state index contributed by atoms with van der Waals surface area (Å²) in [6.45, 7) is 1.61. The zero-order valence-corrected chi connectivity index (χ0v) is 13.8. The molecule has 0 aromatic heterocycles. The van der Waals surface area contributed by atoms with Gasteiger partial charge in [0.1, 0.15) is 0 Å². The molecule has 2 aromatic rings. The molecule has 1 unspecified atom stereocenters. The first kappa shape index (κ1) is 16.3. The molecular weight excluding hydrogens is 303 g/mol. The van der Waals surface area contributed by atoms with E-state index in [-0.39, 0.29) is 6.04 Å². The summed E-state index contributed by atoms with van der Waals surface area (Å²) < 4.78 is 0. The molecule has 0 amide bonds. The lowest BCUT2D eigenvalue weighted by atomic mass is 10.1. The van der Waals surface area contributed by atoms with Crippen LogP contribution in [0.1, 0.15) is 17.2 Å². The molecule has 0 aliphatic rings. The van der Waals surface area contributed by atoms with Gasteiger partial charge in [-0.1, -0.05) is 65.7 Å². The topological polar surface area (TPSA) is 15.3 Å². The van der Waals surface area contributed by atoms with E-state index in [2.05, 4.69) is 48.6 Å². The monoisotopic (exact) mass is 322 g/mol. The van der Waals surface area contributed by atoms with Gasteiger partial charge in [0.05, 0.1) is 10.0 Å². The summed E-state index contributed by atoms with van der Waals surface area (Å²) in [6.07, 6.45) is 0. The normalized spacial score (nSPS) is 12.6. The molecule has 0 aliphatic heterocycles. The van der Waals surface area contributed by atoms with E-state index >= 15 is 0 Å². The van der Waals surface area contributed by atoms with Crippen LogP contribution in [0.25, 0.3) is 0 Å². The first-order chi connectivity index (χ1) is 10.1. The molecule has 0 saturated heterocycles. The number of halogens is 2. The summed E-state index contributed by atoms with van der Waals surface area (Å²) in [5, 5.41) is 4.79. The number of benzene rings is 2. The Morgan fingerprint density at radius 2 is 1.71 bits per heavy atom. The maximum absolute atomic E-state index is 6.25. The molecular formula is C17H20Cl2N2. The average Bonchev–Trinajstić information content (AvgIpc) is 2.48. The summed E-state index contributed by atoms with van der Waals surface area (Å²) in [5.41, 5.74) is 2.29. The van der Waals surface area contributed by atoms with Crippen molar-refractivity contribution in [2.75, 3.05) is 20.6 Å². The molecule has 21 heavy (non-hydrogen) atoms. The first-order valence-corrected chi connectivity index (χ1v) is 7.69. The second-order valence-corrected chi connectivity index (χ2v) is 6.10. The highest BCUT2D eigenvalue weighted by molar-refractivity contribution is 6.42. The largest absolute Gasteiger partial charge is 0.308 e. The van der Waals surface area contributed by atoms with Crippen LogP contribution >= 0.6 is 23.2 Å². The van der Waals surface area contributed by atoms with Crippen molar-refractivity contribution in [3.8, 4) is 0 Å². The molecule has 0 fully saturated rings. The molecule has 0 spiro atoms. The zero-order valence-electron chi connectivity index (χ0n) is 12.3. The highest BCUT2D eigenvalue weighted by atomic mass is 35.5. The molecule has 4 heteroatoms. The Morgan fingerprint density at radius 1 is 1.00 bits per heavy atom. The minimum absolute atomic E-state index is 0.247. The highest BCUT2D eigenvalue weighted by Crippen LogP contribution is 2.26. The van der Waals surface area contributed by atoms with Gasteiger partial charge >= 0.3 is 0 Å². The second kappa shape index (κ2) is 7.81. The van der Waals surface area contributed by atoms with Crippen LogP contribution in [0.4, 0.5) is 0 Å². The Balaban J connectivity index is 2.11. The highest BCUT2D eigenvalue weighted by Gasteiger charge is 2.13. The molecule has 0 saturated carbocycles. The SMILES string of the molecule is CN(C)CC(NCc1cccc(Cl)c1Cl)c1ccccc1. The standard InChI is InChI=1S/C17H20Cl2N2/c1-21(2)12-16(13-7-4-3-5-8-13)20-11-14-9-6-10-15(18)17(14)19/h3-10,16,20H,11-12H2,1-2H3. The summed E-state index contributed by atoms with van der Waals surface area (Å²) >= 11 is 12.3. The quantitative estimate of drug-likeness (QED) is 0.848. The van der Waals surface area contributed by atoms with Crippen LogP contribution in [0.15, 0.2) is 48.5 Å². The smallest absolute Gasteiger partial charge is 0.0637 e. The molecule has 2 aromatic carbocycles. The van der Waals surface area contributed by atoms with Gasteiger partial charge in [0.15, 0.2) is 0 Å². The van der Waals surface area contributed by atoms with Gasteiger partial charge in [0.2, 0.25) is 0 Å². The summed E-state index contributed by atoms with van der Waals surface area (Å²) in [4.78, 5) is 2.17. The molecule has 0 radical (unpaired) electrons. The lowest BCUT2D eigenvalue weighted by Crippen LogP contribution is -2.31. The molecule has 2 rings (SSSR count). The van der Waals surface area contributed by atoms with Crippen molar-refractivity contribution in [1.82, 2.24) is 10.2 Å². The minimum atomic E-state index is 0.247. The van der Waals surface area contributed by atoms with Gasteiger partial charge in [-0.25, -0.2) is 0 Å². The molecule has 0 bridgehead atoms. The minimum Gasteiger partial charge on any atom is -0.308 e. The van der Waals surface area contributed by atoms with Gasteiger partial charge in [-0.05, 0) is 31.3 Å². The fourth-order valence-corrected chi connectivity index (χ4v) is 2.64. The van der Waals surface area contributed by atoms with E-state index in [4.69, 9.17) is 23.2 Å². The van der Waals surface area contributed by atoms with Crippen molar-refractivity contribution in [1.29, 1.82) is 0 Å². The van der Waals surface area contributed by atoms with Crippen LogP contribution in [-0.4, -0.2) is 25.5 Å². The summed E-state index contributed by atoms with van der Waals surface area (Å²) in [6, 6.07) is 16.4. The van der Waals surface area contributed by atoms with Crippen LogP contribution in [0, 0.1) is 0 Å². The molecule has 2 nitrogen and oxygen atoms in total. The van der Waals surface area contributed by atoms with Crippen molar-refractivity contribution in [3.63, 3.8) is 0 Å². The third kappa shape index (κ3) is 4.72. The number of hydrogen-bond acceptors (Lipinski definition) is 2. The van der Waals surface area contributed by atoms with Gasteiger partial charge in [-0.2, -0.15) is 0 Å². The molecule has 0 heterocycles. The van der Waals surface area contributed by atoms with E-state index in [0.717, 1.165) is 12.1 Å². The zero-order chi connectivity index (χ0) is 15.2. The molecule has 112 valence electrons. The van der Waals surface area contributed by atoms with Crippen molar-refractivity contribution < 1.29 is 0 Å². The second-order valence-electron chi connectivity index (χ2n) is 5.32. The molecule has 1 N–H and O–H groups in total. The van der Waals surface area contributed by atoms with Crippen LogP contribution in [-0.2, 0) is 6.54 Å². The number of rotatable bonds is 6. The number of nitrogens with one attached hydrogen (secondary N) is 1. The van der Waals surface area contributed by atoms with Crippen LogP contribution in [0.5, 0.6) is 0 Å². The van der Waals surface area contributed by atoms with Crippen molar-refractivity contribution in [3.05, 3.63) is 69.7 Å². The van der Waals surface area contributed by atoms with Crippen LogP contribution < -0.4 is 5.32 Å². The predicted molar refractivity (Wildman–Crippen MR) is 91.0 cm³/mol. The maximum Gasteiger partial charge on any atom is 0.0637 e. The fourth-order valence-electron chi connectivity index (χ4n) is 2.26. The lowest BCUT2D eigenvalue weighted by molar-refractivity contribution is 0.340. The van der Waals surface area contributed by atoms with E-state index in [0.29, 0.717) is 16.6 Å². The molecule has 1 atom stereocenters. The maximum atomic E-state index is 6.25. The van der Waals surface area contributed by atoms with E-state index in [1.807, 2.05) is 24.3 Å². The summed E-state index contributed by atoms with van der Waals surface area (Å²) in [7, 11) is 4.15. The number of nitrogens with zero attached hydrogens (tertiary/aromatic N) is 1. The van der Waals surface area contributed by atoms with Crippen molar-refractivity contribution in [2.24, 2.45) is 0 Å². The summed E-state index contributed by atoms with van der Waals surface area (Å²) in [5.74, 6) is 0. The number of hydrogen-bond donors (Lipinski definition) is 1. The predicted octanol–water partition coefficient (Wildman–Crippen LogP) is 4.39. The molecule has 0 aliphatic carbocycles. The van der Waals surface area contributed by atoms with Crippen molar-refractivity contribution in [2.45, 2.75) is 12.6 Å². The van der Waals surface area contributed by atoms with Crippen LogP contribution in [0.2, 0.25) is 10.0 Å². The van der Waals surface area contributed by atoms with E-state index < -0.39 is 0 Å². The third-order valence-corrected chi connectivity index (χ3v) is 4.18. The third-order valence-electron chi connectivity index (χ3n) is 3.32. The Hall–Kier alpha value is -1.06. The van der Waals surface area contributed by atoms with E-state index in [1.165, 1.54) is 5.56 Å². The van der Waals surface area contributed by atoms with Gasteiger partial charge < -0.3 is 10.2 Å². The Bertz CT molecular complexity index is 570. The van der Waals surface area contributed by atoms with Crippen molar-refractivity contribution >= 4 is 23.2 Å². The van der Waals surface area contributed by atoms with Gasteiger partial charge in [-0.15, -0.1) is 0 Å². The Morgan fingerprint density at radius 3 is 2.38 bits per heavy atom.